The summed E-state index contributed by atoms with van der Waals surface area (Å²) in [5.41, 5.74) is 0. The van der Waals surface area contributed by atoms with Crippen LogP contribution in [0.3, 0.4) is 0 Å². The average molecular weight is 214 g/mol. The molecule has 0 fully saturated rings. The normalized spacial score (nSPS) is 8.57. The summed E-state index contributed by atoms with van der Waals surface area (Å²) in [6, 6.07) is 0. The quantitative estimate of drug-likeness (QED) is 0.333. The van der Waals surface area contributed by atoms with Crippen LogP contribution in [0.1, 0.15) is 0 Å². The zero-order chi connectivity index (χ0) is 4.50. The molecule has 0 aliphatic heterocycles. The molecule has 0 unspecified atom stereocenters. The van der Waals surface area contributed by atoms with Gasteiger partial charge in [0.1, 0.15) is 0 Å². The molecule has 0 spiro atoms. The molecule has 0 saturated carbocycles. The monoisotopic (exact) mass is 214 g/mol. The summed E-state index contributed by atoms with van der Waals surface area (Å²) in [6.07, 6.45) is 0. The van der Waals surface area contributed by atoms with Gasteiger partial charge in [-0.25, -0.2) is 0 Å². The van der Waals surface area contributed by atoms with Crippen molar-refractivity contribution in [3.8, 4) is 0 Å². The summed E-state index contributed by atoms with van der Waals surface area (Å²) in [7, 11) is -4.61. The third-order valence-corrected chi connectivity index (χ3v) is 0. The third kappa shape index (κ3) is 159. The second-order valence-electron chi connectivity index (χ2n) is 0.600. The Balaban J connectivity index is -0.0000000800. The standard InChI is InChI=1S/2Co.H4O4Si/c;;1-5(2,3)4/h;;1-4H. The van der Waals surface area contributed by atoms with Crippen molar-refractivity contribution in [1.29, 1.82) is 0 Å². The van der Waals surface area contributed by atoms with Gasteiger partial charge in [0.2, 0.25) is 0 Å². The Hall–Kier alpha value is 1.07. The number of hydrogen-bond donors (Lipinski definition) is 4. The number of hydrogen-bond acceptors (Lipinski definition) is 4. The minimum absolute atomic E-state index is 0. The van der Waals surface area contributed by atoms with E-state index in [1.165, 1.54) is 0 Å². The number of rotatable bonds is 0. The summed E-state index contributed by atoms with van der Waals surface area (Å²) < 4.78 is 0. The topological polar surface area (TPSA) is 80.9 Å². The van der Waals surface area contributed by atoms with Crippen LogP contribution in [0, 0.1) is 0 Å². The van der Waals surface area contributed by atoms with E-state index < -0.39 is 9.05 Å². The van der Waals surface area contributed by atoms with Crippen molar-refractivity contribution in [2.45, 2.75) is 0 Å². The fourth-order valence-electron chi connectivity index (χ4n) is 0. The van der Waals surface area contributed by atoms with Crippen molar-refractivity contribution in [3.63, 3.8) is 0 Å². The zero-order valence-corrected chi connectivity index (χ0v) is 6.04. The molecule has 0 saturated heterocycles. The van der Waals surface area contributed by atoms with Gasteiger partial charge in [0.15, 0.2) is 0 Å². The van der Waals surface area contributed by atoms with Crippen molar-refractivity contribution in [2.24, 2.45) is 0 Å². The van der Waals surface area contributed by atoms with Crippen molar-refractivity contribution in [1.82, 2.24) is 0 Å². The Morgan fingerprint density at radius 2 is 0.714 bits per heavy atom. The first kappa shape index (κ1) is 15.7. The van der Waals surface area contributed by atoms with E-state index in [4.69, 9.17) is 19.2 Å². The third-order valence-electron chi connectivity index (χ3n) is 0. The predicted molar refractivity (Wildman–Crippen MR) is 14.6 cm³/mol. The molecule has 4 nitrogen and oxygen atoms in total. The minimum Gasteiger partial charge on any atom is -0.368 e. The van der Waals surface area contributed by atoms with Gasteiger partial charge in [-0.3, -0.25) is 0 Å². The van der Waals surface area contributed by atoms with Crippen LogP contribution in [-0.4, -0.2) is 28.2 Å². The maximum atomic E-state index is 7.33. The van der Waals surface area contributed by atoms with E-state index in [0.717, 1.165) is 0 Å². The predicted octanol–water partition coefficient (Wildman–Crippen LogP) is -2.61. The van der Waals surface area contributed by atoms with Crippen LogP contribution < -0.4 is 0 Å². The van der Waals surface area contributed by atoms with E-state index in [2.05, 4.69) is 0 Å². The molecule has 0 aliphatic carbocycles. The molecule has 0 aromatic rings. The Labute approximate surface area is 62.1 Å². The Kier molecular flexibility index (Phi) is 11.7. The van der Waals surface area contributed by atoms with Gasteiger partial charge in [-0.05, 0) is 0 Å². The SMILES string of the molecule is O[Si](O)(O)O.[Co].[Co]. The molecule has 0 amide bonds. The first-order valence-corrected chi connectivity index (χ1v) is 2.68. The molecule has 0 aliphatic rings. The van der Waals surface area contributed by atoms with Gasteiger partial charge < -0.3 is 19.2 Å². The van der Waals surface area contributed by atoms with E-state index in [1.54, 1.807) is 0 Å². The van der Waals surface area contributed by atoms with Crippen LogP contribution in [0.5, 0.6) is 0 Å². The minimum atomic E-state index is -4.61. The zero-order valence-electron chi connectivity index (χ0n) is 2.96. The molecule has 7 heteroatoms. The van der Waals surface area contributed by atoms with E-state index in [9.17, 15) is 0 Å². The van der Waals surface area contributed by atoms with Gasteiger partial charge in [0.05, 0.1) is 0 Å². The van der Waals surface area contributed by atoms with Gasteiger partial charge >= 0.3 is 9.05 Å². The van der Waals surface area contributed by atoms with Crippen molar-refractivity contribution < 1.29 is 52.7 Å². The van der Waals surface area contributed by atoms with Crippen LogP contribution in [0.4, 0.5) is 0 Å². The van der Waals surface area contributed by atoms with Gasteiger partial charge in [-0.2, -0.15) is 0 Å². The molecule has 0 aromatic carbocycles. The second-order valence-corrected chi connectivity index (χ2v) is 1.80. The molecule has 7 heavy (non-hydrogen) atoms. The van der Waals surface area contributed by atoms with Crippen LogP contribution in [0.25, 0.3) is 0 Å². The molecular formula is H4Co2O4Si. The first-order valence-electron chi connectivity index (χ1n) is 0.894. The van der Waals surface area contributed by atoms with Crippen molar-refractivity contribution in [3.05, 3.63) is 0 Å². The molecule has 0 aromatic heterocycles. The van der Waals surface area contributed by atoms with Gasteiger partial charge in [-0.1, -0.05) is 0 Å². The largest absolute Gasteiger partial charge is 0.668 e. The molecule has 2 radical (unpaired) electrons. The molecule has 0 atom stereocenters. The molecule has 0 rings (SSSR count). The van der Waals surface area contributed by atoms with Crippen LogP contribution in [-0.2, 0) is 33.6 Å². The Bertz CT molecular complexity index is 25.2. The Morgan fingerprint density at radius 1 is 0.714 bits per heavy atom. The molecule has 0 heterocycles. The summed E-state index contributed by atoms with van der Waals surface area (Å²) in [4.78, 5) is 29.3. The summed E-state index contributed by atoms with van der Waals surface area (Å²) in [5.74, 6) is 0. The smallest absolute Gasteiger partial charge is 0.368 e. The maximum absolute atomic E-state index is 7.33. The van der Waals surface area contributed by atoms with Crippen molar-refractivity contribution in [2.75, 3.05) is 0 Å². The van der Waals surface area contributed by atoms with Gasteiger partial charge in [-0.15, -0.1) is 0 Å². The second kappa shape index (κ2) is 5.21. The van der Waals surface area contributed by atoms with E-state index in [1.807, 2.05) is 0 Å². The van der Waals surface area contributed by atoms with E-state index >= 15 is 0 Å². The van der Waals surface area contributed by atoms with Crippen LogP contribution in [0.2, 0.25) is 0 Å². The van der Waals surface area contributed by atoms with Crippen LogP contribution in [0.15, 0.2) is 0 Å². The summed E-state index contributed by atoms with van der Waals surface area (Å²) in [5, 5.41) is 0. The van der Waals surface area contributed by atoms with E-state index in [0.29, 0.717) is 0 Å². The van der Waals surface area contributed by atoms with Crippen molar-refractivity contribution >= 4 is 9.05 Å². The van der Waals surface area contributed by atoms with Crippen LogP contribution >= 0.6 is 0 Å². The fraction of sp³-hybridized carbons (Fsp3) is 0. The maximum Gasteiger partial charge on any atom is 0.668 e. The van der Waals surface area contributed by atoms with E-state index in [-0.39, 0.29) is 33.6 Å². The average Bonchev–Trinajstić information content (AvgIpc) is 0.722. The summed E-state index contributed by atoms with van der Waals surface area (Å²) in [6.45, 7) is 0. The molecule has 50 valence electrons. The fourth-order valence-corrected chi connectivity index (χ4v) is 0. The first-order chi connectivity index (χ1) is 2.00. The molecule has 0 bridgehead atoms. The molecule has 4 N–H and O–H groups in total. The Morgan fingerprint density at radius 3 is 0.714 bits per heavy atom. The van der Waals surface area contributed by atoms with Gasteiger partial charge in [0, 0.05) is 33.6 Å². The summed E-state index contributed by atoms with van der Waals surface area (Å²) >= 11 is 0. The van der Waals surface area contributed by atoms with Gasteiger partial charge in [0.25, 0.3) is 0 Å². The molecular weight excluding hydrogens is 210 g/mol.